The van der Waals surface area contributed by atoms with E-state index in [-0.39, 0.29) is 17.9 Å². The van der Waals surface area contributed by atoms with Crippen LogP contribution in [0.4, 0.5) is 0 Å². The lowest BCUT2D eigenvalue weighted by molar-refractivity contribution is 0.0945. The van der Waals surface area contributed by atoms with Crippen molar-refractivity contribution in [3.05, 3.63) is 29.7 Å². The summed E-state index contributed by atoms with van der Waals surface area (Å²) in [6.45, 7) is 8.12. The van der Waals surface area contributed by atoms with Crippen molar-refractivity contribution in [1.82, 2.24) is 25.2 Å². The maximum Gasteiger partial charge on any atom is 0.256 e. The van der Waals surface area contributed by atoms with Crippen LogP contribution >= 0.6 is 0 Å². The summed E-state index contributed by atoms with van der Waals surface area (Å²) in [5.74, 6) is 0.514. The highest BCUT2D eigenvalue weighted by molar-refractivity contribution is 5.96. The maximum atomic E-state index is 12.3. The molecule has 1 amide bonds. The molecule has 0 saturated carbocycles. The van der Waals surface area contributed by atoms with Crippen LogP contribution in [0.1, 0.15) is 54.5 Å². The monoisotopic (exact) mass is 277 g/mol. The molecule has 2 heterocycles. The Kier molecular flexibility index (Phi) is 4.16. The first-order chi connectivity index (χ1) is 9.50. The van der Waals surface area contributed by atoms with Crippen LogP contribution in [0.2, 0.25) is 0 Å². The number of carbonyl (C=O) groups is 1. The van der Waals surface area contributed by atoms with Crippen LogP contribution in [-0.2, 0) is 0 Å². The van der Waals surface area contributed by atoms with Gasteiger partial charge in [-0.1, -0.05) is 19.0 Å². The first-order valence-corrected chi connectivity index (χ1v) is 6.59. The zero-order chi connectivity index (χ0) is 14.7. The molecule has 0 aliphatic carbocycles. The summed E-state index contributed by atoms with van der Waals surface area (Å²) < 4.78 is 6.82. The highest BCUT2D eigenvalue weighted by Crippen LogP contribution is 2.21. The third-order valence-electron chi connectivity index (χ3n) is 3.11. The van der Waals surface area contributed by atoms with E-state index in [1.807, 2.05) is 20.8 Å². The minimum absolute atomic E-state index is 0.0316. The van der Waals surface area contributed by atoms with Gasteiger partial charge in [-0.05, 0) is 19.8 Å². The topological polar surface area (TPSA) is 85.8 Å². The Morgan fingerprint density at radius 1 is 1.45 bits per heavy atom. The molecule has 0 spiro atoms. The summed E-state index contributed by atoms with van der Waals surface area (Å²) in [5.41, 5.74) is 1.22. The number of aromatic nitrogens is 4. The van der Waals surface area contributed by atoms with Crippen molar-refractivity contribution in [1.29, 1.82) is 0 Å². The second kappa shape index (κ2) is 5.85. The molecule has 0 bridgehead atoms. The van der Waals surface area contributed by atoms with Crippen molar-refractivity contribution in [3.63, 3.8) is 0 Å². The number of carbonyl (C=O) groups excluding carboxylic acids is 1. The van der Waals surface area contributed by atoms with Gasteiger partial charge in [0, 0.05) is 6.54 Å². The van der Waals surface area contributed by atoms with Gasteiger partial charge in [-0.25, -0.2) is 9.67 Å². The lowest BCUT2D eigenvalue weighted by Gasteiger charge is -2.13. The molecule has 0 radical (unpaired) electrons. The number of rotatable bonds is 5. The molecule has 0 aliphatic heterocycles. The summed E-state index contributed by atoms with van der Waals surface area (Å²) in [5, 5.41) is 10.9. The van der Waals surface area contributed by atoms with Gasteiger partial charge in [-0.3, -0.25) is 4.79 Å². The van der Waals surface area contributed by atoms with E-state index in [2.05, 4.69) is 20.6 Å². The van der Waals surface area contributed by atoms with E-state index in [1.54, 1.807) is 17.9 Å². The Labute approximate surface area is 117 Å². The molecular formula is C13H19N5O2. The van der Waals surface area contributed by atoms with Crippen LogP contribution in [0, 0.1) is 6.92 Å². The average Bonchev–Trinajstić information content (AvgIpc) is 3.04. The van der Waals surface area contributed by atoms with Crippen LogP contribution in [0.15, 0.2) is 17.2 Å². The summed E-state index contributed by atoms with van der Waals surface area (Å²) in [6, 6.07) is 0.0316. The minimum Gasteiger partial charge on any atom is -0.361 e. The van der Waals surface area contributed by atoms with Crippen molar-refractivity contribution in [3.8, 4) is 0 Å². The second-order valence-corrected chi connectivity index (χ2v) is 5.09. The number of nitrogens with zero attached hydrogens (tertiary/aromatic N) is 4. The SMILES string of the molecule is Cc1onc(C(C)C)c1C(=O)NC[C@H](C)n1cncn1. The van der Waals surface area contributed by atoms with Crippen LogP contribution in [0.3, 0.4) is 0 Å². The molecule has 7 nitrogen and oxygen atoms in total. The first kappa shape index (κ1) is 14.2. The molecule has 1 N–H and O–H groups in total. The number of hydrogen-bond acceptors (Lipinski definition) is 5. The predicted molar refractivity (Wildman–Crippen MR) is 72.4 cm³/mol. The van der Waals surface area contributed by atoms with Crippen molar-refractivity contribution in [2.75, 3.05) is 6.54 Å². The van der Waals surface area contributed by atoms with Crippen molar-refractivity contribution < 1.29 is 9.32 Å². The Morgan fingerprint density at radius 3 is 2.80 bits per heavy atom. The lowest BCUT2D eigenvalue weighted by atomic mass is 10.0. The number of amides is 1. The molecule has 108 valence electrons. The number of nitrogens with one attached hydrogen (secondary N) is 1. The molecule has 0 aromatic carbocycles. The molecule has 0 unspecified atom stereocenters. The molecule has 2 aromatic rings. The molecular weight excluding hydrogens is 258 g/mol. The Hall–Kier alpha value is -2.18. The number of aryl methyl sites for hydroxylation is 1. The summed E-state index contributed by atoms with van der Waals surface area (Å²) in [6.07, 6.45) is 3.10. The van der Waals surface area contributed by atoms with Crippen molar-refractivity contribution >= 4 is 5.91 Å². The van der Waals surface area contributed by atoms with Gasteiger partial charge in [0.05, 0.1) is 11.7 Å². The third-order valence-corrected chi connectivity index (χ3v) is 3.11. The van der Waals surface area contributed by atoms with Crippen LogP contribution in [-0.4, -0.2) is 32.4 Å². The van der Waals surface area contributed by atoms with Gasteiger partial charge in [0.2, 0.25) is 0 Å². The van der Waals surface area contributed by atoms with E-state index >= 15 is 0 Å². The van der Waals surface area contributed by atoms with E-state index in [1.165, 1.54) is 6.33 Å². The van der Waals surface area contributed by atoms with E-state index < -0.39 is 0 Å². The second-order valence-electron chi connectivity index (χ2n) is 5.09. The molecule has 0 aliphatic rings. The summed E-state index contributed by atoms with van der Waals surface area (Å²) >= 11 is 0. The van der Waals surface area contributed by atoms with Crippen LogP contribution in [0.5, 0.6) is 0 Å². The van der Waals surface area contributed by atoms with Crippen LogP contribution in [0.25, 0.3) is 0 Å². The average molecular weight is 277 g/mol. The molecule has 2 aromatic heterocycles. The minimum atomic E-state index is -0.167. The summed E-state index contributed by atoms with van der Waals surface area (Å²) in [4.78, 5) is 16.2. The van der Waals surface area contributed by atoms with E-state index in [0.29, 0.717) is 23.6 Å². The van der Waals surface area contributed by atoms with Crippen molar-refractivity contribution in [2.45, 2.75) is 39.7 Å². The van der Waals surface area contributed by atoms with E-state index in [4.69, 9.17) is 4.52 Å². The molecule has 0 fully saturated rings. The van der Waals surface area contributed by atoms with Gasteiger partial charge in [0.15, 0.2) is 0 Å². The predicted octanol–water partition coefficient (Wildman–Crippen LogP) is 1.69. The summed E-state index contributed by atoms with van der Waals surface area (Å²) in [7, 11) is 0. The third kappa shape index (κ3) is 2.87. The smallest absolute Gasteiger partial charge is 0.256 e. The van der Waals surface area contributed by atoms with Crippen molar-refractivity contribution in [2.24, 2.45) is 0 Å². The van der Waals surface area contributed by atoms with Gasteiger partial charge < -0.3 is 9.84 Å². The quantitative estimate of drug-likeness (QED) is 0.898. The van der Waals surface area contributed by atoms with Gasteiger partial charge in [-0.2, -0.15) is 5.10 Å². The van der Waals surface area contributed by atoms with E-state index in [0.717, 1.165) is 0 Å². The molecule has 20 heavy (non-hydrogen) atoms. The molecule has 1 atom stereocenters. The Balaban J connectivity index is 2.04. The van der Waals surface area contributed by atoms with Gasteiger partial charge in [0.1, 0.15) is 24.0 Å². The van der Waals surface area contributed by atoms with Crippen LogP contribution < -0.4 is 5.32 Å². The van der Waals surface area contributed by atoms with Gasteiger partial charge in [0.25, 0.3) is 5.91 Å². The first-order valence-electron chi connectivity index (χ1n) is 6.59. The molecule has 7 heteroatoms. The fourth-order valence-electron chi connectivity index (χ4n) is 1.93. The lowest BCUT2D eigenvalue weighted by Crippen LogP contribution is -2.30. The highest BCUT2D eigenvalue weighted by Gasteiger charge is 2.22. The fraction of sp³-hybridized carbons (Fsp3) is 0.538. The zero-order valence-electron chi connectivity index (χ0n) is 12.1. The van der Waals surface area contributed by atoms with Gasteiger partial charge >= 0.3 is 0 Å². The van der Waals surface area contributed by atoms with E-state index in [9.17, 15) is 4.79 Å². The maximum absolute atomic E-state index is 12.3. The normalized spacial score (nSPS) is 12.7. The standard InChI is InChI=1S/C13H19N5O2/c1-8(2)12-11(10(4)20-17-12)13(19)15-5-9(3)18-7-14-6-16-18/h6-9H,5H2,1-4H3,(H,15,19)/t9-/m0/s1. The fourth-order valence-corrected chi connectivity index (χ4v) is 1.93. The largest absolute Gasteiger partial charge is 0.361 e. The Morgan fingerprint density at radius 2 is 2.20 bits per heavy atom. The highest BCUT2D eigenvalue weighted by atomic mass is 16.5. The Bertz CT molecular complexity index is 574. The van der Waals surface area contributed by atoms with Gasteiger partial charge in [-0.15, -0.1) is 0 Å². The molecule has 2 rings (SSSR count). The number of hydrogen-bond donors (Lipinski definition) is 1. The molecule has 0 saturated heterocycles. The zero-order valence-corrected chi connectivity index (χ0v) is 12.1.